The highest BCUT2D eigenvalue weighted by molar-refractivity contribution is 6.69. The molecule has 3 heteroatoms. The van der Waals surface area contributed by atoms with E-state index in [1.807, 2.05) is 0 Å². The van der Waals surface area contributed by atoms with Crippen LogP contribution in [0.3, 0.4) is 0 Å². The molecule has 0 saturated carbocycles. The van der Waals surface area contributed by atoms with Crippen molar-refractivity contribution in [2.45, 2.75) is 59.2 Å². The van der Waals surface area contributed by atoms with Gasteiger partial charge in [0.2, 0.25) is 0 Å². The van der Waals surface area contributed by atoms with E-state index in [4.69, 9.17) is 9.31 Å². The summed E-state index contributed by atoms with van der Waals surface area (Å²) in [6.07, 6.45) is 3.36. The van der Waals surface area contributed by atoms with Crippen LogP contribution in [0, 0.1) is 0 Å². The van der Waals surface area contributed by atoms with Gasteiger partial charge >= 0.3 is 7.12 Å². The standard InChI is InChI=1S/C31H33BO2/c1-7-21(2)20-22-14-8-9-15-23(22)28-24-16-10-12-18-26(24)29(27-19-13-11-17-25(27)28)32-33-30(3,4)31(5,6)34-32/h8-20H,7H2,1-6H3/b21-20+. The van der Waals surface area contributed by atoms with E-state index < -0.39 is 18.3 Å². The van der Waals surface area contributed by atoms with E-state index in [1.165, 1.54) is 43.8 Å². The molecule has 4 aromatic rings. The summed E-state index contributed by atoms with van der Waals surface area (Å²) in [5, 5.41) is 4.81. The van der Waals surface area contributed by atoms with Gasteiger partial charge in [-0.3, -0.25) is 0 Å². The molecule has 2 nitrogen and oxygen atoms in total. The van der Waals surface area contributed by atoms with E-state index in [2.05, 4.69) is 120 Å². The molecule has 0 amide bonds. The lowest BCUT2D eigenvalue weighted by molar-refractivity contribution is 0.00578. The van der Waals surface area contributed by atoms with Gasteiger partial charge in [-0.2, -0.15) is 0 Å². The lowest BCUT2D eigenvalue weighted by Crippen LogP contribution is -2.41. The van der Waals surface area contributed by atoms with Gasteiger partial charge in [-0.05, 0) is 84.7 Å². The number of rotatable bonds is 4. The zero-order valence-electron chi connectivity index (χ0n) is 21.1. The third-order valence-corrected chi connectivity index (χ3v) is 7.65. The Balaban J connectivity index is 1.86. The lowest BCUT2D eigenvalue weighted by atomic mass is 9.71. The maximum absolute atomic E-state index is 6.57. The van der Waals surface area contributed by atoms with E-state index in [0.717, 1.165) is 11.9 Å². The van der Waals surface area contributed by atoms with Gasteiger partial charge in [0.25, 0.3) is 0 Å². The predicted octanol–water partition coefficient (Wildman–Crippen LogP) is 7.77. The quantitative estimate of drug-likeness (QED) is 0.235. The summed E-state index contributed by atoms with van der Waals surface area (Å²) >= 11 is 0. The molecule has 1 heterocycles. The van der Waals surface area contributed by atoms with Crippen LogP contribution in [0.4, 0.5) is 0 Å². The molecule has 1 saturated heterocycles. The van der Waals surface area contributed by atoms with Gasteiger partial charge in [-0.15, -0.1) is 0 Å². The minimum Gasteiger partial charge on any atom is -0.399 e. The van der Waals surface area contributed by atoms with Crippen molar-refractivity contribution >= 4 is 40.2 Å². The molecular formula is C31H33BO2. The van der Waals surface area contributed by atoms with Crippen LogP contribution in [0.1, 0.15) is 53.5 Å². The molecule has 0 aliphatic carbocycles. The van der Waals surface area contributed by atoms with Gasteiger partial charge in [0.1, 0.15) is 0 Å². The van der Waals surface area contributed by atoms with E-state index in [-0.39, 0.29) is 0 Å². The van der Waals surface area contributed by atoms with Crippen molar-refractivity contribution in [3.63, 3.8) is 0 Å². The number of allylic oxidation sites excluding steroid dienone is 1. The van der Waals surface area contributed by atoms with Gasteiger partial charge in [0.15, 0.2) is 0 Å². The fourth-order valence-electron chi connectivity index (χ4n) is 4.89. The highest BCUT2D eigenvalue weighted by Gasteiger charge is 2.52. The molecule has 1 aliphatic heterocycles. The first kappa shape index (κ1) is 22.9. The van der Waals surface area contributed by atoms with Crippen LogP contribution in [0.5, 0.6) is 0 Å². The van der Waals surface area contributed by atoms with Crippen LogP contribution in [-0.4, -0.2) is 18.3 Å². The predicted molar refractivity (Wildman–Crippen MR) is 147 cm³/mol. The number of fused-ring (bicyclic) bond motifs is 2. The normalized spacial score (nSPS) is 17.6. The van der Waals surface area contributed by atoms with Gasteiger partial charge in [-0.25, -0.2) is 0 Å². The van der Waals surface area contributed by atoms with Crippen LogP contribution < -0.4 is 5.46 Å². The largest absolute Gasteiger partial charge is 0.496 e. The second kappa shape index (κ2) is 8.41. The number of hydrogen-bond acceptors (Lipinski definition) is 2. The first-order valence-electron chi connectivity index (χ1n) is 12.3. The second-order valence-corrected chi connectivity index (χ2v) is 10.4. The number of benzene rings is 4. The minimum atomic E-state index is -0.425. The van der Waals surface area contributed by atoms with Crippen LogP contribution in [0.2, 0.25) is 0 Å². The zero-order chi connectivity index (χ0) is 24.1. The van der Waals surface area contributed by atoms with Crippen LogP contribution in [0.25, 0.3) is 38.7 Å². The minimum absolute atomic E-state index is 0.395. The van der Waals surface area contributed by atoms with Crippen molar-refractivity contribution in [3.8, 4) is 11.1 Å². The van der Waals surface area contributed by atoms with Gasteiger partial charge < -0.3 is 9.31 Å². The topological polar surface area (TPSA) is 18.5 Å². The van der Waals surface area contributed by atoms with Crippen molar-refractivity contribution in [1.29, 1.82) is 0 Å². The van der Waals surface area contributed by atoms with Gasteiger partial charge in [0.05, 0.1) is 11.2 Å². The lowest BCUT2D eigenvalue weighted by Gasteiger charge is -2.32. The summed E-state index contributed by atoms with van der Waals surface area (Å²) < 4.78 is 13.1. The van der Waals surface area contributed by atoms with E-state index in [9.17, 15) is 0 Å². The van der Waals surface area contributed by atoms with E-state index >= 15 is 0 Å². The number of hydrogen-bond donors (Lipinski definition) is 0. The van der Waals surface area contributed by atoms with Crippen molar-refractivity contribution < 1.29 is 9.31 Å². The summed E-state index contributed by atoms with van der Waals surface area (Å²) in [6, 6.07) is 26.1. The fourth-order valence-corrected chi connectivity index (χ4v) is 4.89. The zero-order valence-corrected chi connectivity index (χ0v) is 21.1. The average Bonchev–Trinajstić information content (AvgIpc) is 3.04. The highest BCUT2D eigenvalue weighted by atomic mass is 16.7. The maximum Gasteiger partial charge on any atom is 0.496 e. The molecule has 1 fully saturated rings. The van der Waals surface area contributed by atoms with Gasteiger partial charge in [0, 0.05) is 0 Å². The fraction of sp³-hybridized carbons (Fsp3) is 0.290. The summed E-state index contributed by atoms with van der Waals surface area (Å²) in [7, 11) is -0.425. The Bertz CT molecular complexity index is 1340. The van der Waals surface area contributed by atoms with E-state index in [0.29, 0.717) is 0 Å². The average molecular weight is 448 g/mol. The molecule has 0 spiro atoms. The summed E-state index contributed by atoms with van der Waals surface area (Å²) in [5.74, 6) is 0. The van der Waals surface area contributed by atoms with E-state index in [1.54, 1.807) is 0 Å². The highest BCUT2D eigenvalue weighted by Crippen LogP contribution is 2.41. The van der Waals surface area contributed by atoms with Crippen LogP contribution in [0.15, 0.2) is 78.4 Å². The van der Waals surface area contributed by atoms with Crippen molar-refractivity contribution in [3.05, 3.63) is 83.9 Å². The van der Waals surface area contributed by atoms with Crippen molar-refractivity contribution in [1.82, 2.24) is 0 Å². The molecule has 0 N–H and O–H groups in total. The molecule has 4 aromatic carbocycles. The first-order chi connectivity index (χ1) is 16.2. The first-order valence-corrected chi connectivity index (χ1v) is 12.3. The molecule has 34 heavy (non-hydrogen) atoms. The molecule has 1 aliphatic rings. The molecule has 0 unspecified atom stereocenters. The molecule has 5 rings (SSSR count). The van der Waals surface area contributed by atoms with Crippen molar-refractivity contribution in [2.24, 2.45) is 0 Å². The Hall–Kier alpha value is -2.88. The molecule has 0 radical (unpaired) electrons. The third kappa shape index (κ3) is 3.68. The van der Waals surface area contributed by atoms with Crippen LogP contribution >= 0.6 is 0 Å². The SMILES string of the molecule is CC/C(C)=C/c1ccccc1-c1c2ccccc2c(B2OC(C)(C)C(C)(C)O2)c2ccccc12. The maximum atomic E-state index is 6.57. The smallest absolute Gasteiger partial charge is 0.399 e. The Morgan fingerprint density at radius 1 is 0.735 bits per heavy atom. The Labute approximate surface area is 203 Å². The summed E-state index contributed by atoms with van der Waals surface area (Å²) in [4.78, 5) is 0. The van der Waals surface area contributed by atoms with Crippen molar-refractivity contribution in [2.75, 3.05) is 0 Å². The summed E-state index contributed by atoms with van der Waals surface area (Å²) in [5.41, 5.74) is 5.47. The second-order valence-electron chi connectivity index (χ2n) is 10.4. The summed E-state index contributed by atoms with van der Waals surface area (Å²) in [6.45, 7) is 12.9. The molecule has 0 atom stereocenters. The molecular weight excluding hydrogens is 415 g/mol. The molecule has 0 bridgehead atoms. The van der Waals surface area contributed by atoms with Gasteiger partial charge in [-0.1, -0.05) is 91.4 Å². The third-order valence-electron chi connectivity index (χ3n) is 7.65. The molecule has 0 aromatic heterocycles. The Morgan fingerprint density at radius 2 is 1.21 bits per heavy atom. The monoisotopic (exact) mass is 448 g/mol. The Morgan fingerprint density at radius 3 is 1.74 bits per heavy atom. The van der Waals surface area contributed by atoms with Crippen LogP contribution in [-0.2, 0) is 9.31 Å². The Kier molecular flexibility index (Phi) is 5.66. The molecule has 172 valence electrons.